The van der Waals surface area contributed by atoms with Gasteiger partial charge in [0, 0.05) is 4.47 Å². The van der Waals surface area contributed by atoms with Crippen LogP contribution in [0.15, 0.2) is 27.6 Å². The van der Waals surface area contributed by atoms with E-state index in [2.05, 4.69) is 15.9 Å². The number of benzene rings is 1. The summed E-state index contributed by atoms with van der Waals surface area (Å²) in [5.41, 5.74) is 0.133. The van der Waals surface area contributed by atoms with Crippen molar-refractivity contribution in [3.8, 4) is 0 Å². The van der Waals surface area contributed by atoms with Crippen LogP contribution in [-0.4, -0.2) is 21.0 Å². The maximum absolute atomic E-state index is 11.5. The fraction of sp³-hybridized carbons (Fsp3) is 0.222. The molecule has 5 nitrogen and oxygen atoms in total. The monoisotopic (exact) mass is 307 g/mol. The lowest BCUT2D eigenvalue weighted by atomic mass is 10.2. The number of primary sulfonamides is 1. The first-order valence-corrected chi connectivity index (χ1v) is 6.69. The Morgan fingerprint density at radius 1 is 1.50 bits per heavy atom. The molecule has 0 amide bonds. The minimum atomic E-state index is -3.82. The van der Waals surface area contributed by atoms with Gasteiger partial charge in [-0.25, -0.2) is 18.4 Å². The molecule has 0 radical (unpaired) electrons. The van der Waals surface area contributed by atoms with Gasteiger partial charge in [0.05, 0.1) is 17.1 Å². The zero-order valence-electron chi connectivity index (χ0n) is 8.44. The number of carbonyl (C=O) groups is 1. The maximum Gasteiger partial charge on any atom is 0.339 e. The van der Waals surface area contributed by atoms with Crippen LogP contribution in [0.3, 0.4) is 0 Å². The Morgan fingerprint density at radius 3 is 2.62 bits per heavy atom. The molecular formula is C9H10BrNO4S. The Hall–Kier alpha value is -0.920. The molecule has 0 unspecified atom stereocenters. The number of sulfonamides is 1. The highest BCUT2D eigenvalue weighted by Crippen LogP contribution is 2.21. The smallest absolute Gasteiger partial charge is 0.339 e. The van der Waals surface area contributed by atoms with Gasteiger partial charge in [0.1, 0.15) is 0 Å². The second-order valence-corrected chi connectivity index (χ2v) is 5.32. The van der Waals surface area contributed by atoms with Gasteiger partial charge in [0.2, 0.25) is 10.0 Å². The van der Waals surface area contributed by atoms with Crippen molar-refractivity contribution in [1.29, 1.82) is 0 Å². The number of ether oxygens (including phenoxy) is 1. The number of rotatable bonds is 3. The summed E-state index contributed by atoms with van der Waals surface area (Å²) in [5, 5.41) is 4.95. The third-order valence-corrected chi connectivity index (χ3v) is 3.36. The topological polar surface area (TPSA) is 86.5 Å². The van der Waals surface area contributed by atoms with Crippen LogP contribution in [0.2, 0.25) is 0 Å². The van der Waals surface area contributed by atoms with Crippen molar-refractivity contribution in [2.24, 2.45) is 5.14 Å². The molecule has 0 aliphatic rings. The van der Waals surface area contributed by atoms with E-state index in [-0.39, 0.29) is 17.1 Å². The summed E-state index contributed by atoms with van der Waals surface area (Å²) in [6, 6.07) is 3.92. The van der Waals surface area contributed by atoms with E-state index < -0.39 is 16.0 Å². The summed E-state index contributed by atoms with van der Waals surface area (Å²) in [4.78, 5) is 11.3. The molecule has 2 N–H and O–H groups in total. The van der Waals surface area contributed by atoms with Gasteiger partial charge in [-0.2, -0.15) is 0 Å². The molecule has 0 spiro atoms. The Labute approximate surface area is 102 Å². The van der Waals surface area contributed by atoms with Gasteiger partial charge in [-0.3, -0.25) is 0 Å². The molecule has 1 rings (SSSR count). The molecule has 0 heterocycles. The van der Waals surface area contributed by atoms with Crippen LogP contribution in [-0.2, 0) is 14.8 Å². The summed E-state index contributed by atoms with van der Waals surface area (Å²) in [5.74, 6) is -0.597. The van der Waals surface area contributed by atoms with E-state index in [0.717, 1.165) is 0 Å². The van der Waals surface area contributed by atoms with Crippen molar-refractivity contribution >= 4 is 31.9 Å². The van der Waals surface area contributed by atoms with Crippen LogP contribution in [0.25, 0.3) is 0 Å². The minimum Gasteiger partial charge on any atom is -0.462 e. The molecule has 0 aromatic heterocycles. The first-order valence-electron chi connectivity index (χ1n) is 4.35. The molecule has 1 aromatic rings. The maximum atomic E-state index is 11.5. The quantitative estimate of drug-likeness (QED) is 0.852. The van der Waals surface area contributed by atoms with Gasteiger partial charge in [-0.1, -0.05) is 0 Å². The second kappa shape index (κ2) is 4.94. The highest BCUT2D eigenvalue weighted by Gasteiger charge is 2.16. The van der Waals surface area contributed by atoms with E-state index in [4.69, 9.17) is 9.88 Å². The number of esters is 1. The molecule has 0 aliphatic carbocycles. The van der Waals surface area contributed by atoms with Gasteiger partial charge in [-0.15, -0.1) is 0 Å². The Morgan fingerprint density at radius 2 is 2.12 bits per heavy atom. The largest absolute Gasteiger partial charge is 0.462 e. The standard InChI is InChI=1S/C9H10BrNO4S/c1-2-15-9(12)7-5-6(16(11,13)14)3-4-8(7)10/h3-5H,2H2,1H3,(H2,11,13,14). The van der Waals surface area contributed by atoms with Crippen molar-refractivity contribution in [3.63, 3.8) is 0 Å². The van der Waals surface area contributed by atoms with Crippen molar-refractivity contribution < 1.29 is 17.9 Å². The number of hydrogen-bond acceptors (Lipinski definition) is 4. The van der Waals surface area contributed by atoms with Crippen molar-refractivity contribution in [3.05, 3.63) is 28.2 Å². The molecule has 0 bridgehead atoms. The predicted molar refractivity (Wildman–Crippen MR) is 61.5 cm³/mol. The first kappa shape index (κ1) is 13.1. The molecule has 0 fully saturated rings. The predicted octanol–water partition coefficient (Wildman–Crippen LogP) is 1.27. The van der Waals surface area contributed by atoms with Crippen LogP contribution >= 0.6 is 15.9 Å². The molecule has 1 aromatic carbocycles. The van der Waals surface area contributed by atoms with Crippen LogP contribution in [0.1, 0.15) is 17.3 Å². The zero-order valence-corrected chi connectivity index (χ0v) is 10.8. The highest BCUT2D eigenvalue weighted by molar-refractivity contribution is 9.10. The van der Waals surface area contributed by atoms with Crippen molar-refractivity contribution in [2.45, 2.75) is 11.8 Å². The highest BCUT2D eigenvalue weighted by atomic mass is 79.9. The van der Waals surface area contributed by atoms with E-state index >= 15 is 0 Å². The summed E-state index contributed by atoms with van der Waals surface area (Å²) < 4.78 is 27.4. The number of halogens is 1. The molecule has 0 saturated carbocycles. The third kappa shape index (κ3) is 3.03. The van der Waals surface area contributed by atoms with Crippen LogP contribution in [0, 0.1) is 0 Å². The van der Waals surface area contributed by atoms with E-state index in [0.29, 0.717) is 4.47 Å². The van der Waals surface area contributed by atoms with Crippen LogP contribution in [0.5, 0.6) is 0 Å². The van der Waals surface area contributed by atoms with Crippen molar-refractivity contribution in [1.82, 2.24) is 0 Å². The Bertz CT molecular complexity index is 512. The third-order valence-electron chi connectivity index (χ3n) is 1.76. The van der Waals surface area contributed by atoms with Crippen molar-refractivity contribution in [2.75, 3.05) is 6.61 Å². The Kier molecular flexibility index (Phi) is 4.06. The summed E-state index contributed by atoms with van der Waals surface area (Å²) in [7, 11) is -3.82. The number of hydrogen-bond donors (Lipinski definition) is 1. The normalized spacial score (nSPS) is 11.2. The summed E-state index contributed by atoms with van der Waals surface area (Å²) >= 11 is 3.13. The molecular weight excluding hydrogens is 298 g/mol. The minimum absolute atomic E-state index is 0.126. The lowest BCUT2D eigenvalue weighted by Gasteiger charge is -2.05. The molecule has 0 atom stereocenters. The fourth-order valence-corrected chi connectivity index (χ4v) is 1.99. The van der Waals surface area contributed by atoms with Gasteiger partial charge in [0.25, 0.3) is 0 Å². The molecule has 88 valence electrons. The zero-order chi connectivity index (χ0) is 12.3. The van der Waals surface area contributed by atoms with E-state index in [1.54, 1.807) is 6.92 Å². The van der Waals surface area contributed by atoms with E-state index in [1.165, 1.54) is 18.2 Å². The summed E-state index contributed by atoms with van der Waals surface area (Å²) in [6.45, 7) is 1.88. The SMILES string of the molecule is CCOC(=O)c1cc(S(N)(=O)=O)ccc1Br. The van der Waals surface area contributed by atoms with Gasteiger partial charge in [-0.05, 0) is 41.1 Å². The fourth-order valence-electron chi connectivity index (χ4n) is 1.05. The van der Waals surface area contributed by atoms with Gasteiger partial charge < -0.3 is 4.74 Å². The van der Waals surface area contributed by atoms with Gasteiger partial charge in [0.15, 0.2) is 0 Å². The second-order valence-electron chi connectivity index (χ2n) is 2.91. The lowest BCUT2D eigenvalue weighted by Crippen LogP contribution is -2.14. The van der Waals surface area contributed by atoms with E-state index in [1.807, 2.05) is 0 Å². The van der Waals surface area contributed by atoms with Crippen LogP contribution < -0.4 is 5.14 Å². The molecule has 7 heteroatoms. The molecule has 0 saturated heterocycles. The van der Waals surface area contributed by atoms with Gasteiger partial charge >= 0.3 is 5.97 Å². The summed E-state index contributed by atoms with van der Waals surface area (Å²) in [6.07, 6.45) is 0. The lowest BCUT2D eigenvalue weighted by molar-refractivity contribution is 0.0525. The van der Waals surface area contributed by atoms with E-state index in [9.17, 15) is 13.2 Å². The number of nitrogens with two attached hydrogens (primary N) is 1. The molecule has 16 heavy (non-hydrogen) atoms. The average Bonchev–Trinajstić information content (AvgIpc) is 2.16. The number of carbonyl (C=O) groups excluding carboxylic acids is 1. The first-order chi connectivity index (χ1) is 7.36. The molecule has 0 aliphatic heterocycles. The Balaban J connectivity index is 3.24. The average molecular weight is 308 g/mol. The van der Waals surface area contributed by atoms with Crippen LogP contribution in [0.4, 0.5) is 0 Å².